The summed E-state index contributed by atoms with van der Waals surface area (Å²) >= 11 is 0. The molecule has 0 aliphatic carbocycles. The number of aliphatic hydroxyl groups excluding tert-OH is 2. The predicted molar refractivity (Wildman–Crippen MR) is 209 cm³/mol. The molecule has 0 heterocycles. The molecule has 0 fully saturated rings. The van der Waals surface area contributed by atoms with Gasteiger partial charge in [0.2, 0.25) is 5.91 Å². The van der Waals surface area contributed by atoms with Crippen LogP contribution in [0.25, 0.3) is 0 Å². The van der Waals surface area contributed by atoms with Crippen molar-refractivity contribution in [3.8, 4) is 0 Å². The smallest absolute Gasteiger partial charge is 0.393 e. The number of phosphoric ester groups is 1. The molecule has 9 nitrogen and oxygen atoms in total. The fourth-order valence-corrected chi connectivity index (χ4v) is 6.69. The molecule has 0 bridgehead atoms. The van der Waals surface area contributed by atoms with Crippen LogP contribution in [0.1, 0.15) is 187 Å². The molecule has 0 saturated heterocycles. The second-order valence-electron chi connectivity index (χ2n) is 14.0. The number of amides is 1. The molecule has 0 aliphatic rings. The van der Waals surface area contributed by atoms with Crippen molar-refractivity contribution in [1.82, 2.24) is 5.32 Å². The van der Waals surface area contributed by atoms with Crippen LogP contribution in [0.4, 0.5) is 0 Å². The molecule has 0 aromatic rings. The summed E-state index contributed by atoms with van der Waals surface area (Å²) in [7, 11) is -4.39. The molecule has 296 valence electrons. The number of hydrogen-bond acceptors (Lipinski definition) is 7. The molecule has 0 radical (unpaired) electrons. The molecule has 0 spiro atoms. The van der Waals surface area contributed by atoms with E-state index in [1.54, 1.807) is 6.08 Å². The largest absolute Gasteiger partial charge is 0.472 e. The third-order valence-corrected chi connectivity index (χ3v) is 10.1. The molecule has 0 aliphatic heterocycles. The summed E-state index contributed by atoms with van der Waals surface area (Å²) in [5.41, 5.74) is 5.34. The Morgan fingerprint density at radius 3 is 1.60 bits per heavy atom. The van der Waals surface area contributed by atoms with Crippen LogP contribution >= 0.6 is 7.82 Å². The number of aliphatic hydroxyl groups is 2. The van der Waals surface area contributed by atoms with Crippen LogP contribution in [-0.2, 0) is 18.4 Å². The lowest BCUT2D eigenvalue weighted by atomic mass is 10.0. The Labute approximate surface area is 307 Å². The first-order valence-corrected chi connectivity index (χ1v) is 22.0. The number of nitrogens with one attached hydrogen (secondary N) is 1. The van der Waals surface area contributed by atoms with Crippen LogP contribution in [0.2, 0.25) is 0 Å². The molecule has 0 aromatic carbocycles. The normalized spacial score (nSPS) is 15.1. The summed E-state index contributed by atoms with van der Waals surface area (Å²) in [5, 5.41) is 23.9. The van der Waals surface area contributed by atoms with Gasteiger partial charge in [-0.2, -0.15) is 0 Å². The summed E-state index contributed by atoms with van der Waals surface area (Å²) in [4.78, 5) is 22.7. The fraction of sp³-hybridized carbons (Fsp3) is 0.875. The van der Waals surface area contributed by atoms with Crippen LogP contribution in [-0.4, -0.2) is 59.0 Å². The number of hydrogen-bond donors (Lipinski definition) is 5. The van der Waals surface area contributed by atoms with E-state index in [0.717, 1.165) is 51.4 Å². The number of unbranched alkanes of at least 4 members (excludes halogenated alkanes) is 22. The third-order valence-electron chi connectivity index (χ3n) is 9.08. The molecule has 1 amide bonds. The highest BCUT2D eigenvalue weighted by Gasteiger charge is 2.27. The van der Waals surface area contributed by atoms with Gasteiger partial charge in [0.05, 0.1) is 37.9 Å². The summed E-state index contributed by atoms with van der Waals surface area (Å²) in [6.07, 6.45) is 37.0. The Hall–Kier alpha value is -1.06. The third kappa shape index (κ3) is 34.0. The average Bonchev–Trinajstić information content (AvgIpc) is 3.09. The monoisotopic (exact) mass is 731 g/mol. The molecule has 50 heavy (non-hydrogen) atoms. The second-order valence-corrected chi connectivity index (χ2v) is 15.5. The summed E-state index contributed by atoms with van der Waals surface area (Å²) < 4.78 is 22.0. The molecule has 4 unspecified atom stereocenters. The molecule has 0 aromatic heterocycles. The van der Waals surface area contributed by atoms with E-state index in [1.807, 2.05) is 6.08 Å². The molecule has 0 rings (SSSR count). The summed E-state index contributed by atoms with van der Waals surface area (Å²) in [6.45, 7) is 3.94. The van der Waals surface area contributed by atoms with E-state index in [2.05, 4.69) is 31.3 Å². The molecule has 4 atom stereocenters. The number of nitrogens with two attached hydrogens (primary N) is 1. The first-order chi connectivity index (χ1) is 24.3. The van der Waals surface area contributed by atoms with E-state index < -0.39 is 38.6 Å². The molecule has 0 saturated carbocycles. The van der Waals surface area contributed by atoms with Crippen LogP contribution in [0.15, 0.2) is 24.3 Å². The van der Waals surface area contributed by atoms with Crippen molar-refractivity contribution in [1.29, 1.82) is 0 Å². The van der Waals surface area contributed by atoms with Gasteiger partial charge in [-0.05, 0) is 44.9 Å². The zero-order valence-corrected chi connectivity index (χ0v) is 33.1. The number of phosphoric acid groups is 1. The van der Waals surface area contributed by atoms with Crippen molar-refractivity contribution in [2.24, 2.45) is 5.73 Å². The Morgan fingerprint density at radius 2 is 1.12 bits per heavy atom. The van der Waals surface area contributed by atoms with Crippen molar-refractivity contribution in [2.75, 3.05) is 19.8 Å². The minimum atomic E-state index is -4.39. The summed E-state index contributed by atoms with van der Waals surface area (Å²) in [6, 6.07) is -0.981. The van der Waals surface area contributed by atoms with Gasteiger partial charge in [-0.15, -0.1) is 0 Å². The average molecular weight is 731 g/mol. The van der Waals surface area contributed by atoms with Gasteiger partial charge in [-0.25, -0.2) is 4.57 Å². The van der Waals surface area contributed by atoms with Crippen molar-refractivity contribution in [3.63, 3.8) is 0 Å². The van der Waals surface area contributed by atoms with E-state index in [1.165, 1.54) is 109 Å². The lowest BCUT2D eigenvalue weighted by Gasteiger charge is -2.24. The number of carbonyl (C=O) groups excluding carboxylic acids is 1. The van der Waals surface area contributed by atoms with Gasteiger partial charge in [0.15, 0.2) is 0 Å². The maximum Gasteiger partial charge on any atom is 0.472 e. The van der Waals surface area contributed by atoms with Gasteiger partial charge in [-0.3, -0.25) is 13.8 Å². The SMILES string of the molecule is CCCCCCCCCC/C=C/C(O)C(COP(=O)(O)OCCN)NC(=O)CC(O)CCCCCCC/C=C\CCCCCCCCCCC. The second kappa shape index (κ2) is 36.3. The quantitative estimate of drug-likeness (QED) is 0.0239. The van der Waals surface area contributed by atoms with Crippen LogP contribution < -0.4 is 11.1 Å². The van der Waals surface area contributed by atoms with E-state index >= 15 is 0 Å². The van der Waals surface area contributed by atoms with Gasteiger partial charge >= 0.3 is 7.82 Å². The Morgan fingerprint density at radius 1 is 0.680 bits per heavy atom. The van der Waals surface area contributed by atoms with Gasteiger partial charge in [0.25, 0.3) is 0 Å². The lowest BCUT2D eigenvalue weighted by Crippen LogP contribution is -2.46. The van der Waals surface area contributed by atoms with Crippen molar-refractivity contribution < 1.29 is 33.5 Å². The maximum absolute atomic E-state index is 12.8. The van der Waals surface area contributed by atoms with E-state index in [-0.39, 0.29) is 19.6 Å². The Balaban J connectivity index is 4.29. The fourth-order valence-electron chi connectivity index (χ4n) is 5.93. The highest BCUT2D eigenvalue weighted by atomic mass is 31.2. The minimum absolute atomic E-state index is 0.0485. The maximum atomic E-state index is 12.8. The highest BCUT2D eigenvalue weighted by molar-refractivity contribution is 7.47. The zero-order chi connectivity index (χ0) is 37.0. The van der Waals surface area contributed by atoms with Crippen LogP contribution in [0.5, 0.6) is 0 Å². The van der Waals surface area contributed by atoms with Gasteiger partial charge in [0.1, 0.15) is 0 Å². The highest BCUT2D eigenvalue weighted by Crippen LogP contribution is 2.43. The Kier molecular flexibility index (Phi) is 35.5. The van der Waals surface area contributed by atoms with Gasteiger partial charge < -0.3 is 26.2 Å². The zero-order valence-electron chi connectivity index (χ0n) is 32.3. The first kappa shape index (κ1) is 48.9. The standard InChI is InChI=1S/C40H79N2O7P/c1-3-5-7-9-11-13-15-16-17-18-19-20-21-22-23-25-27-29-31-37(43)35-40(45)42-38(36-49-50(46,47)48-34-33-41)39(44)32-30-28-26-24-14-12-10-8-6-4-2/h19-20,30,32,37-39,43-44H,3-18,21-29,31,33-36,41H2,1-2H3,(H,42,45)(H,46,47)/b20-19-,32-30+. The van der Waals surface area contributed by atoms with Crippen LogP contribution in [0.3, 0.4) is 0 Å². The molecular formula is C40H79N2O7P. The van der Waals surface area contributed by atoms with E-state index in [4.69, 9.17) is 14.8 Å². The molecule has 6 N–H and O–H groups in total. The molecule has 10 heteroatoms. The Bertz CT molecular complexity index is 858. The number of allylic oxidation sites excluding steroid dienone is 3. The van der Waals surface area contributed by atoms with E-state index in [9.17, 15) is 24.5 Å². The van der Waals surface area contributed by atoms with Gasteiger partial charge in [-0.1, -0.05) is 160 Å². The topological polar surface area (TPSA) is 151 Å². The number of carbonyl (C=O) groups is 1. The first-order valence-electron chi connectivity index (χ1n) is 20.5. The predicted octanol–water partition coefficient (Wildman–Crippen LogP) is 9.97. The lowest BCUT2D eigenvalue weighted by molar-refractivity contribution is -0.124. The number of rotatable bonds is 38. The minimum Gasteiger partial charge on any atom is -0.393 e. The van der Waals surface area contributed by atoms with Crippen molar-refractivity contribution >= 4 is 13.7 Å². The van der Waals surface area contributed by atoms with Crippen molar-refractivity contribution in [2.45, 2.75) is 205 Å². The van der Waals surface area contributed by atoms with E-state index in [0.29, 0.717) is 6.42 Å². The van der Waals surface area contributed by atoms with Crippen LogP contribution in [0, 0.1) is 0 Å². The molecular weight excluding hydrogens is 651 g/mol. The van der Waals surface area contributed by atoms with Gasteiger partial charge in [0, 0.05) is 6.54 Å². The summed E-state index contributed by atoms with van der Waals surface area (Å²) in [5.74, 6) is -0.452. The van der Waals surface area contributed by atoms with Crippen molar-refractivity contribution in [3.05, 3.63) is 24.3 Å².